The SMILES string of the molecule is CCCCc1ccc(Oc2nc(NC)c(Cl)cc2Cl)cc1. The van der Waals surface area contributed by atoms with Crippen molar-refractivity contribution in [1.82, 2.24) is 4.98 Å². The van der Waals surface area contributed by atoms with Crippen molar-refractivity contribution >= 4 is 29.0 Å². The fourth-order valence-corrected chi connectivity index (χ4v) is 2.40. The number of anilines is 1. The van der Waals surface area contributed by atoms with E-state index >= 15 is 0 Å². The first kappa shape index (κ1) is 15.9. The lowest BCUT2D eigenvalue weighted by Gasteiger charge is -2.10. The van der Waals surface area contributed by atoms with Crippen molar-refractivity contribution in [2.45, 2.75) is 26.2 Å². The van der Waals surface area contributed by atoms with Gasteiger partial charge in [-0.2, -0.15) is 4.98 Å². The Labute approximate surface area is 135 Å². The number of aromatic nitrogens is 1. The van der Waals surface area contributed by atoms with Gasteiger partial charge in [-0.15, -0.1) is 0 Å². The Morgan fingerprint density at radius 1 is 1.14 bits per heavy atom. The molecule has 1 aromatic heterocycles. The van der Waals surface area contributed by atoms with Crippen LogP contribution in [0.25, 0.3) is 0 Å². The molecule has 3 nitrogen and oxygen atoms in total. The second-order valence-electron chi connectivity index (χ2n) is 4.71. The molecule has 2 rings (SSSR count). The molecule has 0 fully saturated rings. The minimum Gasteiger partial charge on any atom is -0.437 e. The summed E-state index contributed by atoms with van der Waals surface area (Å²) in [6.45, 7) is 2.19. The van der Waals surface area contributed by atoms with Crippen molar-refractivity contribution in [1.29, 1.82) is 0 Å². The molecular formula is C16H18Cl2N2O. The molecule has 21 heavy (non-hydrogen) atoms. The highest BCUT2D eigenvalue weighted by atomic mass is 35.5. The summed E-state index contributed by atoms with van der Waals surface area (Å²) in [5, 5.41) is 3.75. The van der Waals surface area contributed by atoms with Gasteiger partial charge >= 0.3 is 0 Å². The molecule has 0 aliphatic carbocycles. The van der Waals surface area contributed by atoms with Crippen LogP contribution in [0, 0.1) is 0 Å². The van der Waals surface area contributed by atoms with Crippen molar-refractivity contribution in [2.75, 3.05) is 12.4 Å². The van der Waals surface area contributed by atoms with Crippen LogP contribution in [0.5, 0.6) is 11.6 Å². The monoisotopic (exact) mass is 324 g/mol. The fraction of sp³-hybridized carbons (Fsp3) is 0.312. The maximum Gasteiger partial charge on any atom is 0.240 e. The van der Waals surface area contributed by atoms with E-state index in [0.29, 0.717) is 27.5 Å². The number of hydrogen-bond donors (Lipinski definition) is 1. The zero-order chi connectivity index (χ0) is 15.2. The largest absolute Gasteiger partial charge is 0.437 e. The van der Waals surface area contributed by atoms with E-state index in [-0.39, 0.29) is 0 Å². The molecule has 112 valence electrons. The van der Waals surface area contributed by atoms with E-state index < -0.39 is 0 Å². The van der Waals surface area contributed by atoms with Crippen molar-refractivity contribution in [3.05, 3.63) is 45.9 Å². The highest BCUT2D eigenvalue weighted by Gasteiger charge is 2.10. The molecule has 0 bridgehead atoms. The van der Waals surface area contributed by atoms with E-state index in [2.05, 4.69) is 29.4 Å². The summed E-state index contributed by atoms with van der Waals surface area (Å²) in [7, 11) is 1.74. The first-order valence-electron chi connectivity index (χ1n) is 6.94. The van der Waals surface area contributed by atoms with Gasteiger partial charge < -0.3 is 10.1 Å². The highest BCUT2D eigenvalue weighted by Crippen LogP contribution is 2.33. The molecule has 0 aliphatic heterocycles. The maximum atomic E-state index is 6.11. The van der Waals surface area contributed by atoms with Gasteiger partial charge in [-0.1, -0.05) is 48.7 Å². The van der Waals surface area contributed by atoms with Gasteiger partial charge in [0.1, 0.15) is 16.6 Å². The molecule has 0 unspecified atom stereocenters. The number of ether oxygens (including phenoxy) is 1. The molecule has 1 heterocycles. The number of hydrogen-bond acceptors (Lipinski definition) is 3. The second-order valence-corrected chi connectivity index (χ2v) is 5.52. The summed E-state index contributed by atoms with van der Waals surface area (Å²) in [6.07, 6.45) is 3.46. The molecule has 0 saturated heterocycles. The molecule has 1 aromatic carbocycles. The van der Waals surface area contributed by atoms with Gasteiger partial charge in [-0.25, -0.2) is 0 Å². The van der Waals surface area contributed by atoms with Crippen molar-refractivity contribution in [3.63, 3.8) is 0 Å². The van der Waals surface area contributed by atoms with E-state index in [1.54, 1.807) is 13.1 Å². The molecule has 0 amide bonds. The number of pyridine rings is 1. The van der Waals surface area contributed by atoms with Gasteiger partial charge in [0.15, 0.2) is 0 Å². The summed E-state index contributed by atoms with van der Waals surface area (Å²) in [5.74, 6) is 1.58. The van der Waals surface area contributed by atoms with Crippen LogP contribution in [0.1, 0.15) is 25.3 Å². The van der Waals surface area contributed by atoms with Crippen LogP contribution in [0.3, 0.4) is 0 Å². The van der Waals surface area contributed by atoms with E-state index in [4.69, 9.17) is 27.9 Å². The van der Waals surface area contributed by atoms with Crippen LogP contribution in [-0.4, -0.2) is 12.0 Å². The molecule has 0 spiro atoms. The van der Waals surface area contributed by atoms with E-state index in [9.17, 15) is 0 Å². The average Bonchev–Trinajstić information content (AvgIpc) is 2.49. The number of nitrogens with one attached hydrogen (secondary N) is 1. The Kier molecular flexibility index (Phi) is 5.71. The quantitative estimate of drug-likeness (QED) is 0.754. The van der Waals surface area contributed by atoms with E-state index in [1.165, 1.54) is 18.4 Å². The van der Waals surface area contributed by atoms with Crippen molar-refractivity contribution in [2.24, 2.45) is 0 Å². The van der Waals surface area contributed by atoms with Gasteiger partial charge in [0.05, 0.1) is 5.02 Å². The van der Waals surface area contributed by atoms with Crippen LogP contribution in [-0.2, 0) is 6.42 Å². The Hall–Kier alpha value is -1.45. The summed E-state index contributed by atoms with van der Waals surface area (Å²) in [4.78, 5) is 4.26. The molecule has 0 radical (unpaired) electrons. The second kappa shape index (κ2) is 7.53. The normalized spacial score (nSPS) is 10.5. The van der Waals surface area contributed by atoms with Crippen molar-refractivity contribution in [3.8, 4) is 11.6 Å². The summed E-state index contributed by atoms with van der Waals surface area (Å²) in [5.41, 5.74) is 1.30. The van der Waals surface area contributed by atoms with E-state index in [0.717, 1.165) is 6.42 Å². The standard InChI is InChI=1S/C16H18Cl2N2O/c1-3-4-5-11-6-8-12(9-7-11)21-16-14(18)10-13(17)15(19-2)20-16/h6-10H,3-5H2,1-2H3,(H,19,20). The third kappa shape index (κ3) is 4.26. The Balaban J connectivity index is 2.14. The smallest absolute Gasteiger partial charge is 0.240 e. The number of rotatable bonds is 6. The molecule has 0 atom stereocenters. The molecule has 2 aromatic rings. The molecule has 0 saturated carbocycles. The first-order chi connectivity index (χ1) is 10.1. The third-order valence-corrected chi connectivity index (χ3v) is 3.65. The molecule has 5 heteroatoms. The minimum absolute atomic E-state index is 0.340. The number of unbranched alkanes of at least 4 members (excludes halogenated alkanes) is 1. The molecule has 1 N–H and O–H groups in total. The Morgan fingerprint density at radius 3 is 2.48 bits per heavy atom. The lowest BCUT2D eigenvalue weighted by Crippen LogP contribution is -1.97. The number of nitrogens with zero attached hydrogens (tertiary/aromatic N) is 1. The predicted octanol–water partition coefficient (Wildman–Crippen LogP) is 5.57. The minimum atomic E-state index is 0.340. The fourth-order valence-electron chi connectivity index (χ4n) is 1.91. The average molecular weight is 325 g/mol. The number of aryl methyl sites for hydroxylation is 1. The predicted molar refractivity (Wildman–Crippen MR) is 88.9 cm³/mol. The van der Waals surface area contributed by atoms with Gasteiger partial charge in [0.25, 0.3) is 0 Å². The lowest BCUT2D eigenvalue weighted by molar-refractivity contribution is 0.464. The Bertz CT molecular complexity index is 600. The summed E-state index contributed by atoms with van der Waals surface area (Å²) >= 11 is 12.1. The van der Waals surface area contributed by atoms with E-state index in [1.807, 2.05) is 12.1 Å². The van der Waals surface area contributed by atoms with Crippen LogP contribution >= 0.6 is 23.2 Å². The zero-order valence-corrected chi connectivity index (χ0v) is 13.6. The summed E-state index contributed by atoms with van der Waals surface area (Å²) < 4.78 is 5.72. The molecule has 0 aliphatic rings. The highest BCUT2D eigenvalue weighted by molar-refractivity contribution is 6.36. The van der Waals surface area contributed by atoms with Crippen LogP contribution in [0.2, 0.25) is 10.0 Å². The van der Waals surface area contributed by atoms with Crippen LogP contribution in [0.15, 0.2) is 30.3 Å². The topological polar surface area (TPSA) is 34.1 Å². The number of halogens is 2. The van der Waals surface area contributed by atoms with Crippen LogP contribution < -0.4 is 10.1 Å². The first-order valence-corrected chi connectivity index (χ1v) is 7.70. The number of benzene rings is 1. The Morgan fingerprint density at radius 2 is 1.86 bits per heavy atom. The van der Waals surface area contributed by atoms with Gasteiger partial charge in [-0.3, -0.25) is 0 Å². The van der Waals surface area contributed by atoms with Gasteiger partial charge in [0, 0.05) is 7.05 Å². The van der Waals surface area contributed by atoms with Gasteiger partial charge in [0.2, 0.25) is 5.88 Å². The summed E-state index contributed by atoms with van der Waals surface area (Å²) in [6, 6.07) is 9.60. The molecular weight excluding hydrogens is 307 g/mol. The van der Waals surface area contributed by atoms with Gasteiger partial charge in [-0.05, 0) is 36.6 Å². The lowest BCUT2D eigenvalue weighted by atomic mass is 10.1. The van der Waals surface area contributed by atoms with Crippen LogP contribution in [0.4, 0.5) is 5.82 Å². The van der Waals surface area contributed by atoms with Crippen molar-refractivity contribution < 1.29 is 4.74 Å². The third-order valence-electron chi connectivity index (χ3n) is 3.09. The maximum absolute atomic E-state index is 6.11. The zero-order valence-electron chi connectivity index (χ0n) is 12.1.